The molecule has 0 fully saturated rings. The van der Waals surface area contributed by atoms with Crippen molar-refractivity contribution in [3.05, 3.63) is 102 Å². The Bertz CT molecular complexity index is 1300. The number of rotatable bonds is 8. The molecule has 0 saturated heterocycles. The molecule has 2 amide bonds. The normalized spacial score (nSPS) is 10.9. The zero-order chi connectivity index (χ0) is 24.8. The van der Waals surface area contributed by atoms with Gasteiger partial charge in [-0.1, -0.05) is 92.2 Å². The Morgan fingerprint density at radius 3 is 2.31 bits per heavy atom. The molecule has 0 aliphatic rings. The van der Waals surface area contributed by atoms with Crippen molar-refractivity contribution in [2.24, 2.45) is 5.92 Å². The minimum atomic E-state index is -0.330. The van der Waals surface area contributed by atoms with Crippen LogP contribution in [0.1, 0.15) is 19.4 Å². The van der Waals surface area contributed by atoms with Gasteiger partial charge in [0.1, 0.15) is 6.54 Å². The van der Waals surface area contributed by atoms with Crippen LogP contribution in [0.25, 0.3) is 16.9 Å². The Labute approximate surface area is 210 Å². The van der Waals surface area contributed by atoms with Gasteiger partial charge < -0.3 is 4.90 Å². The average Bonchev–Trinajstić information content (AvgIpc) is 3.28. The quantitative estimate of drug-likeness (QED) is 0.341. The maximum Gasteiger partial charge on any atom is 0.246 e. The number of amides is 2. The van der Waals surface area contributed by atoms with Crippen molar-refractivity contribution in [3.63, 3.8) is 0 Å². The Morgan fingerprint density at radius 1 is 0.971 bits per heavy atom. The molecular formula is C28H27ClN4O2. The monoisotopic (exact) mass is 486 g/mol. The van der Waals surface area contributed by atoms with E-state index < -0.39 is 0 Å². The fourth-order valence-electron chi connectivity index (χ4n) is 3.76. The standard InChI is InChI=1S/C28H27ClN4O2/c1-20(2)27(35)32(17-21-10-5-3-6-11-21)19-26(34)31-28-30-25(22-12-7-4-8-13-22)18-33(28)24-15-9-14-23(29)16-24/h3-16,18,20H,17,19H2,1-2H3,(H,30,31,34). The molecule has 178 valence electrons. The van der Waals surface area contributed by atoms with Crippen LogP contribution >= 0.6 is 11.6 Å². The van der Waals surface area contributed by atoms with Crippen molar-refractivity contribution in [1.29, 1.82) is 0 Å². The first-order chi connectivity index (χ1) is 16.9. The molecule has 0 aliphatic carbocycles. The summed E-state index contributed by atoms with van der Waals surface area (Å²) >= 11 is 6.22. The fraction of sp³-hybridized carbons (Fsp3) is 0.179. The van der Waals surface area contributed by atoms with Crippen molar-refractivity contribution in [3.8, 4) is 16.9 Å². The SMILES string of the molecule is CC(C)C(=O)N(CC(=O)Nc1nc(-c2ccccc2)cn1-c1cccc(Cl)c1)Cc1ccccc1. The molecule has 0 atom stereocenters. The number of nitrogens with zero attached hydrogens (tertiary/aromatic N) is 3. The largest absolute Gasteiger partial charge is 0.329 e. The molecule has 4 rings (SSSR count). The first-order valence-electron chi connectivity index (χ1n) is 11.4. The summed E-state index contributed by atoms with van der Waals surface area (Å²) < 4.78 is 1.79. The topological polar surface area (TPSA) is 67.2 Å². The number of halogens is 1. The summed E-state index contributed by atoms with van der Waals surface area (Å²) in [5.41, 5.74) is 3.35. The summed E-state index contributed by atoms with van der Waals surface area (Å²) in [7, 11) is 0. The third-order valence-corrected chi connectivity index (χ3v) is 5.70. The number of aromatic nitrogens is 2. The van der Waals surface area contributed by atoms with Crippen LogP contribution < -0.4 is 5.32 Å². The van der Waals surface area contributed by atoms with E-state index in [1.165, 1.54) is 0 Å². The van der Waals surface area contributed by atoms with Crippen molar-refractivity contribution >= 4 is 29.4 Å². The number of anilines is 1. The summed E-state index contributed by atoms with van der Waals surface area (Å²) in [6.07, 6.45) is 1.86. The maximum absolute atomic E-state index is 13.2. The van der Waals surface area contributed by atoms with Crippen LogP contribution in [-0.4, -0.2) is 32.8 Å². The van der Waals surface area contributed by atoms with Gasteiger partial charge in [-0.3, -0.25) is 19.5 Å². The molecule has 3 aromatic carbocycles. The molecule has 0 saturated carbocycles. The Hall–Kier alpha value is -3.90. The third kappa shape index (κ3) is 6.16. The smallest absolute Gasteiger partial charge is 0.246 e. The van der Waals surface area contributed by atoms with Gasteiger partial charge in [0.2, 0.25) is 17.8 Å². The minimum Gasteiger partial charge on any atom is -0.329 e. The molecule has 0 unspecified atom stereocenters. The van der Waals surface area contributed by atoms with Crippen LogP contribution in [0.3, 0.4) is 0 Å². The van der Waals surface area contributed by atoms with Crippen LogP contribution in [0, 0.1) is 5.92 Å². The highest BCUT2D eigenvalue weighted by Crippen LogP contribution is 2.25. The van der Waals surface area contributed by atoms with Gasteiger partial charge in [-0.25, -0.2) is 4.98 Å². The molecule has 0 radical (unpaired) electrons. The van der Waals surface area contributed by atoms with Gasteiger partial charge in [0.25, 0.3) is 0 Å². The lowest BCUT2D eigenvalue weighted by Gasteiger charge is -2.24. The van der Waals surface area contributed by atoms with Crippen molar-refractivity contribution in [2.45, 2.75) is 20.4 Å². The molecule has 1 aromatic heterocycles. The summed E-state index contributed by atoms with van der Waals surface area (Å²) in [4.78, 5) is 32.3. The van der Waals surface area contributed by atoms with E-state index in [9.17, 15) is 9.59 Å². The molecule has 0 aliphatic heterocycles. The van der Waals surface area contributed by atoms with Crippen LogP contribution in [-0.2, 0) is 16.1 Å². The van der Waals surface area contributed by atoms with E-state index >= 15 is 0 Å². The van der Waals surface area contributed by atoms with E-state index in [2.05, 4.69) is 10.3 Å². The first kappa shape index (κ1) is 24.2. The van der Waals surface area contributed by atoms with Gasteiger partial charge in [0.15, 0.2) is 0 Å². The summed E-state index contributed by atoms with van der Waals surface area (Å²) in [6, 6.07) is 26.7. The zero-order valence-corrected chi connectivity index (χ0v) is 20.4. The van der Waals surface area contributed by atoms with Gasteiger partial charge >= 0.3 is 0 Å². The molecular weight excluding hydrogens is 460 g/mol. The van der Waals surface area contributed by atoms with E-state index in [1.54, 1.807) is 21.6 Å². The highest BCUT2D eigenvalue weighted by molar-refractivity contribution is 6.30. The predicted molar refractivity (Wildman–Crippen MR) is 139 cm³/mol. The molecule has 35 heavy (non-hydrogen) atoms. The van der Waals surface area contributed by atoms with Crippen LogP contribution in [0.4, 0.5) is 5.95 Å². The third-order valence-electron chi connectivity index (χ3n) is 5.47. The maximum atomic E-state index is 13.2. The Morgan fingerprint density at radius 2 is 1.66 bits per heavy atom. The van der Waals surface area contributed by atoms with E-state index in [4.69, 9.17) is 11.6 Å². The number of carbonyl (C=O) groups excluding carboxylic acids is 2. The van der Waals surface area contributed by atoms with E-state index in [0.29, 0.717) is 23.2 Å². The molecule has 0 bridgehead atoms. The second-order valence-electron chi connectivity index (χ2n) is 8.55. The van der Waals surface area contributed by atoms with E-state index in [0.717, 1.165) is 16.8 Å². The molecule has 7 heteroatoms. The highest BCUT2D eigenvalue weighted by atomic mass is 35.5. The van der Waals surface area contributed by atoms with Crippen LogP contribution in [0.2, 0.25) is 5.02 Å². The number of benzene rings is 3. The minimum absolute atomic E-state index is 0.0883. The number of imidazole rings is 1. The number of hydrogen-bond donors (Lipinski definition) is 1. The predicted octanol–water partition coefficient (Wildman–Crippen LogP) is 5.82. The lowest BCUT2D eigenvalue weighted by Crippen LogP contribution is -2.40. The lowest BCUT2D eigenvalue weighted by molar-refractivity contribution is -0.138. The van der Waals surface area contributed by atoms with Gasteiger partial charge in [-0.15, -0.1) is 0 Å². The average molecular weight is 487 g/mol. The van der Waals surface area contributed by atoms with Crippen LogP contribution in [0.5, 0.6) is 0 Å². The van der Waals surface area contributed by atoms with E-state index in [1.807, 2.05) is 92.8 Å². The number of nitrogens with one attached hydrogen (secondary N) is 1. The second kappa shape index (κ2) is 11.0. The highest BCUT2D eigenvalue weighted by Gasteiger charge is 2.22. The summed E-state index contributed by atoms with van der Waals surface area (Å²) in [5.74, 6) is -0.298. The van der Waals surface area contributed by atoms with Gasteiger partial charge in [-0.05, 0) is 23.8 Å². The van der Waals surface area contributed by atoms with Gasteiger partial charge in [0.05, 0.1) is 5.69 Å². The van der Waals surface area contributed by atoms with Crippen LogP contribution in [0.15, 0.2) is 91.1 Å². The molecule has 1 N–H and O–H groups in total. The first-order valence-corrected chi connectivity index (χ1v) is 11.8. The van der Waals surface area contributed by atoms with E-state index in [-0.39, 0.29) is 24.3 Å². The molecule has 4 aromatic rings. The summed E-state index contributed by atoms with van der Waals surface area (Å²) in [6.45, 7) is 3.92. The van der Waals surface area contributed by atoms with Gasteiger partial charge in [-0.2, -0.15) is 0 Å². The molecule has 6 nitrogen and oxygen atoms in total. The zero-order valence-electron chi connectivity index (χ0n) is 19.7. The summed E-state index contributed by atoms with van der Waals surface area (Å²) in [5, 5.41) is 3.48. The lowest BCUT2D eigenvalue weighted by atomic mass is 10.1. The Balaban J connectivity index is 1.61. The second-order valence-corrected chi connectivity index (χ2v) is 8.98. The fourth-order valence-corrected chi connectivity index (χ4v) is 3.94. The Kier molecular flexibility index (Phi) is 7.63. The van der Waals surface area contributed by atoms with Crippen molar-refractivity contribution in [1.82, 2.24) is 14.5 Å². The number of carbonyl (C=O) groups is 2. The number of hydrogen-bond acceptors (Lipinski definition) is 3. The molecule has 1 heterocycles. The van der Waals surface area contributed by atoms with Gasteiger partial charge in [0, 0.05) is 34.9 Å². The van der Waals surface area contributed by atoms with Crippen molar-refractivity contribution in [2.75, 3.05) is 11.9 Å². The molecule has 0 spiro atoms. The van der Waals surface area contributed by atoms with Crippen molar-refractivity contribution < 1.29 is 9.59 Å².